The molecule has 0 bridgehead atoms. The molecule has 1 aromatic heterocycles. The number of benzene rings is 3. The van der Waals surface area contributed by atoms with Crippen molar-refractivity contribution >= 4 is 45.7 Å². The first-order chi connectivity index (χ1) is 20.2. The van der Waals surface area contributed by atoms with Crippen LogP contribution in [-0.4, -0.2) is 33.1 Å². The van der Waals surface area contributed by atoms with E-state index in [1.165, 1.54) is 22.7 Å². The second kappa shape index (κ2) is 11.3. The van der Waals surface area contributed by atoms with Gasteiger partial charge >= 0.3 is 5.91 Å². The van der Waals surface area contributed by atoms with E-state index in [2.05, 4.69) is 24.0 Å². The van der Waals surface area contributed by atoms with E-state index in [4.69, 9.17) is 4.74 Å². The summed E-state index contributed by atoms with van der Waals surface area (Å²) >= 11 is 2.44. The van der Waals surface area contributed by atoms with Gasteiger partial charge in [0.25, 0.3) is 5.78 Å². The van der Waals surface area contributed by atoms with Gasteiger partial charge in [0.1, 0.15) is 23.4 Å². The number of carbonyl (C=O) groups is 2. The summed E-state index contributed by atoms with van der Waals surface area (Å²) < 4.78 is 20.5. The summed E-state index contributed by atoms with van der Waals surface area (Å²) in [6.45, 7) is 6.14. The van der Waals surface area contributed by atoms with Crippen LogP contribution in [0.5, 0.6) is 5.75 Å². The van der Waals surface area contributed by atoms with Crippen molar-refractivity contribution in [2.45, 2.75) is 55.3 Å². The fraction of sp³-hybridized carbons (Fsp3) is 0.250. The van der Waals surface area contributed by atoms with Gasteiger partial charge in [0.2, 0.25) is 5.13 Å². The van der Waals surface area contributed by atoms with Crippen LogP contribution in [0.2, 0.25) is 0 Å². The lowest BCUT2D eigenvalue weighted by atomic mass is 9.93. The molecule has 0 unspecified atom stereocenters. The zero-order chi connectivity index (χ0) is 29.5. The first-order valence-electron chi connectivity index (χ1n) is 13.6. The standard InChI is InChI=1S/C32H28FN3O4S2/c1-17(2)19-8-10-20(11-9-19)27-26(28(37)21-12-13-25-23(15-21)14-18(3)40-25)29(38)30(39)36(27)31-34-35-32(42-31)41-16-22-6-4-5-7-24(22)33/h4-13,15,17-18,27,37H,14,16H2,1-3H3/b28-26+/t18-,27+/m1/s1. The Balaban J connectivity index is 1.40. The molecule has 7 nitrogen and oxygen atoms in total. The molecule has 0 saturated carbocycles. The molecule has 1 amide bonds. The zero-order valence-corrected chi connectivity index (χ0v) is 24.8. The minimum atomic E-state index is -0.910. The molecule has 0 spiro atoms. The van der Waals surface area contributed by atoms with Gasteiger partial charge in [0.15, 0.2) is 4.34 Å². The Kier molecular flexibility index (Phi) is 7.59. The third-order valence-corrected chi connectivity index (χ3v) is 9.55. The molecule has 2 atom stereocenters. The average molecular weight is 602 g/mol. The van der Waals surface area contributed by atoms with Crippen LogP contribution in [0.1, 0.15) is 60.5 Å². The third-order valence-electron chi connectivity index (χ3n) is 7.44. The molecule has 6 rings (SSSR count). The maximum atomic E-state index is 14.1. The van der Waals surface area contributed by atoms with E-state index in [1.54, 1.807) is 30.3 Å². The van der Waals surface area contributed by atoms with Crippen LogP contribution < -0.4 is 9.64 Å². The Labute approximate surface area is 251 Å². The third kappa shape index (κ3) is 5.20. The summed E-state index contributed by atoms with van der Waals surface area (Å²) in [6.07, 6.45) is 0.702. The summed E-state index contributed by atoms with van der Waals surface area (Å²) in [5, 5.41) is 20.2. The summed E-state index contributed by atoms with van der Waals surface area (Å²) in [6, 6.07) is 18.6. The molecular formula is C32H28FN3O4S2. The number of aromatic nitrogens is 2. The maximum Gasteiger partial charge on any atom is 0.301 e. The predicted molar refractivity (Wildman–Crippen MR) is 161 cm³/mol. The number of hydrogen-bond acceptors (Lipinski definition) is 8. The Hall–Kier alpha value is -4.02. The molecule has 1 saturated heterocycles. The first-order valence-corrected chi connectivity index (χ1v) is 15.4. The van der Waals surface area contributed by atoms with Crippen molar-refractivity contribution in [3.8, 4) is 5.75 Å². The highest BCUT2D eigenvalue weighted by atomic mass is 32.2. The number of halogens is 1. The number of aliphatic hydroxyl groups excluding tert-OH is 1. The molecule has 2 aliphatic rings. The van der Waals surface area contributed by atoms with Gasteiger partial charge in [0, 0.05) is 17.7 Å². The second-order valence-corrected chi connectivity index (χ2v) is 12.9. The molecule has 0 aliphatic carbocycles. The lowest BCUT2D eigenvalue weighted by molar-refractivity contribution is -0.132. The summed E-state index contributed by atoms with van der Waals surface area (Å²) in [5.41, 5.74) is 3.64. The van der Waals surface area contributed by atoms with Gasteiger partial charge in [-0.2, -0.15) is 0 Å². The van der Waals surface area contributed by atoms with Crippen LogP contribution in [0.25, 0.3) is 5.76 Å². The topological polar surface area (TPSA) is 92.6 Å². The van der Waals surface area contributed by atoms with Crippen molar-refractivity contribution in [1.29, 1.82) is 0 Å². The van der Waals surface area contributed by atoms with Crippen LogP contribution in [0, 0.1) is 5.82 Å². The number of aliphatic hydroxyl groups is 1. The Morgan fingerprint density at radius 1 is 1.12 bits per heavy atom. The normalized spacial score (nSPS) is 19.4. The molecule has 1 fully saturated rings. The number of ether oxygens (including phenoxy) is 1. The number of anilines is 1. The highest BCUT2D eigenvalue weighted by Crippen LogP contribution is 2.45. The number of ketones is 1. The van der Waals surface area contributed by atoms with Crippen molar-refractivity contribution < 1.29 is 23.8 Å². The van der Waals surface area contributed by atoms with Gasteiger partial charge in [-0.05, 0) is 59.4 Å². The monoisotopic (exact) mass is 601 g/mol. The number of thioether (sulfide) groups is 1. The van der Waals surface area contributed by atoms with Crippen molar-refractivity contribution in [2.24, 2.45) is 0 Å². The van der Waals surface area contributed by atoms with E-state index in [9.17, 15) is 19.1 Å². The number of fused-ring (bicyclic) bond motifs is 1. The quantitative estimate of drug-likeness (QED) is 0.0798. The van der Waals surface area contributed by atoms with E-state index in [0.29, 0.717) is 39.1 Å². The van der Waals surface area contributed by atoms with Gasteiger partial charge in [-0.3, -0.25) is 14.5 Å². The number of hydrogen-bond donors (Lipinski definition) is 1. The highest BCUT2D eigenvalue weighted by Gasteiger charge is 2.48. The smallest absolute Gasteiger partial charge is 0.301 e. The molecule has 42 heavy (non-hydrogen) atoms. The van der Waals surface area contributed by atoms with Gasteiger partial charge < -0.3 is 9.84 Å². The molecule has 4 aromatic rings. The van der Waals surface area contributed by atoms with Crippen LogP contribution in [0.4, 0.5) is 9.52 Å². The molecule has 10 heteroatoms. The van der Waals surface area contributed by atoms with E-state index >= 15 is 0 Å². The van der Waals surface area contributed by atoms with Crippen LogP contribution >= 0.6 is 23.1 Å². The van der Waals surface area contributed by atoms with Gasteiger partial charge in [0.05, 0.1) is 11.6 Å². The molecule has 1 N–H and O–H groups in total. The highest BCUT2D eigenvalue weighted by molar-refractivity contribution is 8.00. The molecule has 3 heterocycles. The number of carbonyl (C=O) groups excluding carboxylic acids is 2. The van der Waals surface area contributed by atoms with Crippen molar-refractivity contribution in [1.82, 2.24) is 10.2 Å². The largest absolute Gasteiger partial charge is 0.507 e. The Bertz CT molecular complexity index is 1720. The molecule has 3 aromatic carbocycles. The van der Waals surface area contributed by atoms with Crippen molar-refractivity contribution in [2.75, 3.05) is 4.90 Å². The Morgan fingerprint density at radius 2 is 1.88 bits per heavy atom. The lowest BCUT2D eigenvalue weighted by Gasteiger charge is -2.23. The maximum absolute atomic E-state index is 14.1. The summed E-state index contributed by atoms with van der Waals surface area (Å²) in [4.78, 5) is 28.5. The van der Waals surface area contributed by atoms with E-state index in [-0.39, 0.29) is 28.4 Å². The minimum absolute atomic E-state index is 0.0139. The average Bonchev–Trinajstić information content (AvgIpc) is 3.67. The number of rotatable bonds is 7. The van der Waals surface area contributed by atoms with Crippen LogP contribution in [0.15, 0.2) is 76.6 Å². The molecular weight excluding hydrogens is 574 g/mol. The Morgan fingerprint density at radius 3 is 2.62 bits per heavy atom. The molecule has 0 radical (unpaired) electrons. The minimum Gasteiger partial charge on any atom is -0.507 e. The first kappa shape index (κ1) is 28.1. The van der Waals surface area contributed by atoms with Crippen LogP contribution in [0.3, 0.4) is 0 Å². The predicted octanol–water partition coefficient (Wildman–Crippen LogP) is 7.04. The van der Waals surface area contributed by atoms with Gasteiger partial charge in [-0.25, -0.2) is 4.39 Å². The number of nitrogens with zero attached hydrogens (tertiary/aromatic N) is 3. The van der Waals surface area contributed by atoms with E-state index in [1.807, 2.05) is 37.3 Å². The number of amides is 1. The second-order valence-electron chi connectivity index (χ2n) is 10.7. The fourth-order valence-corrected chi connectivity index (χ4v) is 7.10. The van der Waals surface area contributed by atoms with Crippen molar-refractivity contribution in [3.63, 3.8) is 0 Å². The summed E-state index contributed by atoms with van der Waals surface area (Å²) in [7, 11) is 0. The number of Topliss-reactive ketones (excluding diaryl/α,β-unsaturated/α-hetero) is 1. The SMILES string of the molecule is CC(C)c1ccc([C@H]2/C(=C(\O)c3ccc4c(c3)C[C@@H](C)O4)C(=O)C(=O)N2c2nnc(SCc3ccccc3F)s2)cc1. The van der Waals surface area contributed by atoms with Crippen LogP contribution in [-0.2, 0) is 21.8 Å². The zero-order valence-electron chi connectivity index (χ0n) is 23.2. The van der Waals surface area contributed by atoms with Gasteiger partial charge in [-0.15, -0.1) is 10.2 Å². The fourth-order valence-electron chi connectivity index (χ4n) is 5.25. The van der Waals surface area contributed by atoms with Crippen molar-refractivity contribution in [3.05, 3.63) is 106 Å². The van der Waals surface area contributed by atoms with Gasteiger partial charge in [-0.1, -0.05) is 79.4 Å². The molecule has 214 valence electrons. The summed E-state index contributed by atoms with van der Waals surface area (Å²) in [5.74, 6) is -0.789. The van der Waals surface area contributed by atoms with E-state index in [0.717, 1.165) is 28.2 Å². The lowest BCUT2D eigenvalue weighted by Crippen LogP contribution is -2.29. The molecule has 2 aliphatic heterocycles. The van der Waals surface area contributed by atoms with E-state index < -0.39 is 17.7 Å².